The van der Waals surface area contributed by atoms with Gasteiger partial charge in [-0.15, -0.1) is 0 Å². The minimum atomic E-state index is -0.550. The van der Waals surface area contributed by atoms with Crippen LogP contribution in [0.15, 0.2) is 36.4 Å². The number of nitrogens with one attached hydrogen (secondary N) is 1. The van der Waals surface area contributed by atoms with E-state index in [4.69, 9.17) is 11.6 Å². The maximum atomic E-state index is 13.8. The highest BCUT2D eigenvalue weighted by molar-refractivity contribution is 6.30. The van der Waals surface area contributed by atoms with Crippen LogP contribution in [0.5, 0.6) is 0 Å². The molecule has 21 heavy (non-hydrogen) atoms. The van der Waals surface area contributed by atoms with E-state index in [1.165, 1.54) is 23.3 Å². The molecule has 110 valence electrons. The molecule has 1 aliphatic rings. The van der Waals surface area contributed by atoms with Crippen LogP contribution >= 0.6 is 11.6 Å². The van der Waals surface area contributed by atoms with Gasteiger partial charge in [-0.1, -0.05) is 23.7 Å². The second-order valence-electron chi connectivity index (χ2n) is 5.57. The first-order valence-corrected chi connectivity index (χ1v) is 7.39. The van der Waals surface area contributed by atoms with Crippen molar-refractivity contribution in [3.05, 3.63) is 69.7 Å². The molecule has 3 rings (SSSR count). The molecule has 0 heterocycles. The van der Waals surface area contributed by atoms with Crippen LogP contribution in [0.2, 0.25) is 5.02 Å². The first-order valence-electron chi connectivity index (χ1n) is 7.01. The van der Waals surface area contributed by atoms with Crippen LogP contribution in [0.4, 0.5) is 8.78 Å². The minimum absolute atomic E-state index is 0.166. The lowest BCUT2D eigenvalue weighted by Gasteiger charge is -2.20. The first-order chi connectivity index (χ1) is 10.0. The monoisotopic (exact) mass is 307 g/mol. The molecular formula is C17H16ClF2N. The Morgan fingerprint density at radius 3 is 2.62 bits per heavy atom. The van der Waals surface area contributed by atoms with E-state index in [0.29, 0.717) is 5.56 Å². The molecule has 1 N–H and O–H groups in total. The SMILES string of the molecule is CC(NC1Cc2ccc(Cl)cc2C1)c1ccc(F)cc1F. The predicted molar refractivity (Wildman–Crippen MR) is 80.6 cm³/mol. The third-order valence-corrected chi connectivity index (χ3v) is 4.25. The van der Waals surface area contributed by atoms with Gasteiger partial charge in [0, 0.05) is 28.7 Å². The van der Waals surface area contributed by atoms with Crippen LogP contribution in [0.3, 0.4) is 0 Å². The predicted octanol–water partition coefficient (Wildman–Crippen LogP) is 4.44. The molecule has 1 aliphatic carbocycles. The summed E-state index contributed by atoms with van der Waals surface area (Å²) < 4.78 is 26.8. The molecule has 0 bridgehead atoms. The van der Waals surface area contributed by atoms with Gasteiger partial charge < -0.3 is 5.32 Å². The summed E-state index contributed by atoms with van der Waals surface area (Å²) in [5.74, 6) is -1.06. The summed E-state index contributed by atoms with van der Waals surface area (Å²) in [7, 11) is 0. The van der Waals surface area contributed by atoms with Gasteiger partial charge in [0.05, 0.1) is 0 Å². The fraction of sp³-hybridized carbons (Fsp3) is 0.294. The summed E-state index contributed by atoms with van der Waals surface area (Å²) in [6.45, 7) is 1.90. The fourth-order valence-electron chi connectivity index (χ4n) is 3.00. The Balaban J connectivity index is 1.71. The van der Waals surface area contributed by atoms with Crippen molar-refractivity contribution in [2.24, 2.45) is 0 Å². The number of fused-ring (bicyclic) bond motifs is 1. The average Bonchev–Trinajstić information content (AvgIpc) is 2.79. The molecule has 2 aromatic carbocycles. The van der Waals surface area contributed by atoms with Gasteiger partial charge in [-0.2, -0.15) is 0 Å². The molecule has 0 aliphatic heterocycles. The summed E-state index contributed by atoms with van der Waals surface area (Å²) in [6.07, 6.45) is 1.78. The van der Waals surface area contributed by atoms with E-state index >= 15 is 0 Å². The third kappa shape index (κ3) is 3.09. The maximum absolute atomic E-state index is 13.8. The van der Waals surface area contributed by atoms with Gasteiger partial charge in [0.25, 0.3) is 0 Å². The van der Waals surface area contributed by atoms with Crippen molar-refractivity contribution in [1.82, 2.24) is 5.32 Å². The summed E-state index contributed by atoms with van der Waals surface area (Å²) in [5.41, 5.74) is 3.01. The normalized spacial score (nSPS) is 18.6. The van der Waals surface area contributed by atoms with Crippen molar-refractivity contribution in [2.75, 3.05) is 0 Å². The molecule has 0 saturated carbocycles. The van der Waals surface area contributed by atoms with E-state index < -0.39 is 11.6 Å². The Hall–Kier alpha value is -1.45. The lowest BCUT2D eigenvalue weighted by molar-refractivity contribution is 0.450. The number of hydrogen-bond donors (Lipinski definition) is 1. The van der Waals surface area contributed by atoms with Crippen LogP contribution in [-0.2, 0) is 12.8 Å². The van der Waals surface area contributed by atoms with E-state index in [0.717, 1.165) is 23.9 Å². The first kappa shape index (κ1) is 14.5. The molecule has 0 spiro atoms. The van der Waals surface area contributed by atoms with Gasteiger partial charge >= 0.3 is 0 Å². The topological polar surface area (TPSA) is 12.0 Å². The zero-order chi connectivity index (χ0) is 15.0. The summed E-state index contributed by atoms with van der Waals surface area (Å²) >= 11 is 6.00. The summed E-state index contributed by atoms with van der Waals surface area (Å²) in [6, 6.07) is 9.73. The quantitative estimate of drug-likeness (QED) is 0.884. The second-order valence-corrected chi connectivity index (χ2v) is 6.01. The zero-order valence-corrected chi connectivity index (χ0v) is 12.4. The Bertz CT molecular complexity index is 672. The Labute approximate surface area is 127 Å². The zero-order valence-electron chi connectivity index (χ0n) is 11.7. The number of hydrogen-bond acceptors (Lipinski definition) is 1. The molecular weight excluding hydrogens is 292 g/mol. The largest absolute Gasteiger partial charge is 0.307 e. The second kappa shape index (κ2) is 5.74. The fourth-order valence-corrected chi connectivity index (χ4v) is 3.20. The molecule has 0 saturated heterocycles. The number of benzene rings is 2. The van der Waals surface area contributed by atoms with Crippen molar-refractivity contribution in [3.63, 3.8) is 0 Å². The highest BCUT2D eigenvalue weighted by Crippen LogP contribution is 2.27. The van der Waals surface area contributed by atoms with Crippen molar-refractivity contribution in [3.8, 4) is 0 Å². The molecule has 1 nitrogen and oxygen atoms in total. The van der Waals surface area contributed by atoms with E-state index in [-0.39, 0.29) is 12.1 Å². The van der Waals surface area contributed by atoms with Crippen molar-refractivity contribution in [2.45, 2.75) is 31.8 Å². The van der Waals surface area contributed by atoms with Gasteiger partial charge in [-0.25, -0.2) is 8.78 Å². The highest BCUT2D eigenvalue weighted by Gasteiger charge is 2.24. The Kier molecular flexibility index (Phi) is 3.96. The van der Waals surface area contributed by atoms with Crippen molar-refractivity contribution < 1.29 is 8.78 Å². The van der Waals surface area contributed by atoms with E-state index in [2.05, 4.69) is 5.32 Å². The van der Waals surface area contributed by atoms with Gasteiger partial charge in [0.15, 0.2) is 0 Å². The van der Waals surface area contributed by atoms with Crippen molar-refractivity contribution >= 4 is 11.6 Å². The number of rotatable bonds is 3. The van der Waals surface area contributed by atoms with E-state index in [1.54, 1.807) is 0 Å². The maximum Gasteiger partial charge on any atom is 0.130 e. The third-order valence-electron chi connectivity index (χ3n) is 4.02. The lowest BCUT2D eigenvalue weighted by atomic mass is 10.1. The summed E-state index contributed by atoms with van der Waals surface area (Å²) in [5, 5.41) is 4.16. The van der Waals surface area contributed by atoms with Crippen LogP contribution in [0.25, 0.3) is 0 Å². The van der Waals surface area contributed by atoms with Gasteiger partial charge in [0.2, 0.25) is 0 Å². The molecule has 0 amide bonds. The molecule has 2 atom stereocenters. The van der Waals surface area contributed by atoms with Crippen LogP contribution in [0.1, 0.15) is 29.7 Å². The van der Waals surface area contributed by atoms with Crippen molar-refractivity contribution in [1.29, 1.82) is 0 Å². The lowest BCUT2D eigenvalue weighted by Crippen LogP contribution is -2.32. The average molecular weight is 308 g/mol. The van der Waals surface area contributed by atoms with E-state index in [9.17, 15) is 8.78 Å². The van der Waals surface area contributed by atoms with Crippen LogP contribution in [0, 0.1) is 11.6 Å². The molecule has 0 fully saturated rings. The molecule has 0 radical (unpaired) electrons. The highest BCUT2D eigenvalue weighted by atomic mass is 35.5. The Morgan fingerprint density at radius 1 is 1.10 bits per heavy atom. The van der Waals surface area contributed by atoms with Gasteiger partial charge in [-0.05, 0) is 49.1 Å². The van der Waals surface area contributed by atoms with E-state index in [1.807, 2.05) is 25.1 Å². The molecule has 2 unspecified atom stereocenters. The van der Waals surface area contributed by atoms with Gasteiger partial charge in [-0.3, -0.25) is 0 Å². The summed E-state index contributed by atoms with van der Waals surface area (Å²) in [4.78, 5) is 0. The number of halogens is 3. The standard InChI is InChI=1S/C17H16ClF2N/c1-10(16-5-4-14(19)9-17(16)20)21-15-7-11-2-3-13(18)6-12(11)8-15/h2-6,9-10,15,21H,7-8H2,1H3. The minimum Gasteiger partial charge on any atom is -0.307 e. The smallest absolute Gasteiger partial charge is 0.130 e. The molecule has 4 heteroatoms. The molecule has 2 aromatic rings. The van der Waals surface area contributed by atoms with Crippen LogP contribution < -0.4 is 5.32 Å². The molecule has 0 aromatic heterocycles. The van der Waals surface area contributed by atoms with Crippen LogP contribution in [-0.4, -0.2) is 6.04 Å². The Morgan fingerprint density at radius 2 is 1.86 bits per heavy atom. The van der Waals surface area contributed by atoms with Gasteiger partial charge in [0.1, 0.15) is 11.6 Å².